The Morgan fingerprint density at radius 2 is 2.19 bits per heavy atom. The van der Waals surface area contributed by atoms with Crippen LogP contribution in [0.3, 0.4) is 0 Å². The first-order valence-electron chi connectivity index (χ1n) is 7.46. The lowest BCUT2D eigenvalue weighted by molar-refractivity contribution is -0.116. The number of hydrogen-bond donors (Lipinski definition) is 2. The van der Waals surface area contributed by atoms with Crippen LogP contribution in [0.5, 0.6) is 0 Å². The van der Waals surface area contributed by atoms with E-state index in [1.54, 1.807) is 13.2 Å². The third kappa shape index (κ3) is 2.68. The first kappa shape index (κ1) is 14.5. The Kier molecular flexibility index (Phi) is 3.71. The van der Waals surface area contributed by atoms with Gasteiger partial charge in [-0.05, 0) is 49.8 Å². The summed E-state index contributed by atoms with van der Waals surface area (Å²) < 4.78 is 19.9. The van der Waals surface area contributed by atoms with Crippen molar-refractivity contribution in [1.29, 1.82) is 0 Å². The molecule has 1 aromatic carbocycles. The highest BCUT2D eigenvalue weighted by Crippen LogP contribution is 2.42. The van der Waals surface area contributed by atoms with Gasteiger partial charge in [-0.15, -0.1) is 0 Å². The molecule has 1 saturated carbocycles. The van der Waals surface area contributed by atoms with E-state index in [1.807, 2.05) is 0 Å². The number of halogens is 1. The van der Waals surface area contributed by atoms with E-state index >= 15 is 0 Å². The van der Waals surface area contributed by atoms with Crippen LogP contribution >= 0.6 is 0 Å². The Morgan fingerprint density at radius 1 is 1.43 bits per heavy atom. The first-order chi connectivity index (χ1) is 10.0. The molecule has 0 saturated heterocycles. The van der Waals surface area contributed by atoms with E-state index in [4.69, 9.17) is 10.5 Å². The predicted octanol–water partition coefficient (Wildman–Crippen LogP) is 2.67. The molecule has 0 radical (unpaired) electrons. The standard InChI is InChI=1S/C16H21FN2O2/c1-21-16(5-2-6-16)9-13(18)11-7-10-3-4-15(20)19-14(10)8-12(11)17/h7-8,13H,2-6,9,18H2,1H3,(H,19,20). The lowest BCUT2D eigenvalue weighted by Gasteiger charge is -2.42. The minimum absolute atomic E-state index is 0.0632. The van der Waals surface area contributed by atoms with Gasteiger partial charge >= 0.3 is 0 Å². The van der Waals surface area contributed by atoms with Crippen molar-refractivity contribution in [3.63, 3.8) is 0 Å². The molecule has 114 valence electrons. The molecule has 1 aromatic rings. The second-order valence-electron chi connectivity index (χ2n) is 6.13. The van der Waals surface area contributed by atoms with Gasteiger partial charge in [0.2, 0.25) is 5.91 Å². The highest BCUT2D eigenvalue weighted by Gasteiger charge is 2.39. The van der Waals surface area contributed by atoms with E-state index in [2.05, 4.69) is 5.32 Å². The topological polar surface area (TPSA) is 64.3 Å². The van der Waals surface area contributed by atoms with Gasteiger partial charge in [-0.1, -0.05) is 0 Å². The van der Waals surface area contributed by atoms with Crippen molar-refractivity contribution in [3.8, 4) is 0 Å². The van der Waals surface area contributed by atoms with Crippen LogP contribution in [-0.2, 0) is 16.0 Å². The molecule has 1 atom stereocenters. The van der Waals surface area contributed by atoms with Gasteiger partial charge in [0.25, 0.3) is 0 Å². The SMILES string of the molecule is COC1(CC(N)c2cc3c(cc2F)NC(=O)CC3)CCC1. The van der Waals surface area contributed by atoms with E-state index in [9.17, 15) is 9.18 Å². The number of rotatable bonds is 4. The van der Waals surface area contributed by atoms with E-state index < -0.39 is 0 Å². The summed E-state index contributed by atoms with van der Waals surface area (Å²) in [5.41, 5.74) is 8.09. The predicted molar refractivity (Wildman–Crippen MR) is 78.5 cm³/mol. The second-order valence-corrected chi connectivity index (χ2v) is 6.13. The molecule has 0 bridgehead atoms. The molecule has 1 fully saturated rings. The van der Waals surface area contributed by atoms with Crippen LogP contribution in [0.1, 0.15) is 49.3 Å². The van der Waals surface area contributed by atoms with Gasteiger partial charge < -0.3 is 15.8 Å². The minimum atomic E-state index is -0.381. The van der Waals surface area contributed by atoms with Crippen LogP contribution in [0.25, 0.3) is 0 Å². The molecular weight excluding hydrogens is 271 g/mol. The van der Waals surface area contributed by atoms with Crippen LogP contribution < -0.4 is 11.1 Å². The van der Waals surface area contributed by atoms with Crippen molar-refractivity contribution >= 4 is 11.6 Å². The minimum Gasteiger partial charge on any atom is -0.378 e. The van der Waals surface area contributed by atoms with Crippen molar-refractivity contribution < 1.29 is 13.9 Å². The van der Waals surface area contributed by atoms with Crippen LogP contribution in [0, 0.1) is 5.82 Å². The summed E-state index contributed by atoms with van der Waals surface area (Å²) in [6, 6.07) is 2.81. The Balaban J connectivity index is 1.83. The molecular formula is C16H21FN2O2. The number of aryl methyl sites for hydroxylation is 1. The number of amides is 1. The lowest BCUT2D eigenvalue weighted by Crippen LogP contribution is -2.42. The summed E-state index contributed by atoms with van der Waals surface area (Å²) >= 11 is 0. The number of nitrogens with one attached hydrogen (secondary N) is 1. The Hall–Kier alpha value is -1.46. The summed E-state index contributed by atoms with van der Waals surface area (Å²) in [7, 11) is 1.70. The molecule has 1 amide bonds. The molecule has 1 heterocycles. The van der Waals surface area contributed by atoms with Crippen LogP contribution in [0.2, 0.25) is 0 Å². The Labute approximate surface area is 123 Å². The Bertz CT molecular complexity index is 564. The summed E-state index contributed by atoms with van der Waals surface area (Å²) in [6.07, 6.45) is 4.82. The normalized spacial score (nSPS) is 21.2. The van der Waals surface area contributed by atoms with E-state index in [0.29, 0.717) is 30.5 Å². The first-order valence-corrected chi connectivity index (χ1v) is 7.46. The molecule has 3 N–H and O–H groups in total. The molecule has 1 aliphatic heterocycles. The maximum absolute atomic E-state index is 14.3. The van der Waals surface area contributed by atoms with Crippen molar-refractivity contribution in [2.24, 2.45) is 5.73 Å². The molecule has 1 aliphatic carbocycles. The summed E-state index contributed by atoms with van der Waals surface area (Å²) in [5.74, 6) is -0.416. The molecule has 4 nitrogen and oxygen atoms in total. The number of anilines is 1. The number of carbonyl (C=O) groups is 1. The number of fused-ring (bicyclic) bond motifs is 1. The maximum Gasteiger partial charge on any atom is 0.224 e. The molecule has 1 unspecified atom stereocenters. The van der Waals surface area contributed by atoms with Gasteiger partial charge in [-0.3, -0.25) is 4.79 Å². The second kappa shape index (κ2) is 5.39. The summed E-state index contributed by atoms with van der Waals surface area (Å²) in [5, 5.41) is 2.70. The number of hydrogen-bond acceptors (Lipinski definition) is 3. The van der Waals surface area contributed by atoms with Crippen molar-refractivity contribution in [1.82, 2.24) is 0 Å². The molecule has 2 aliphatic rings. The van der Waals surface area contributed by atoms with Crippen LogP contribution in [0.4, 0.5) is 10.1 Å². The number of benzene rings is 1. The third-order valence-electron chi connectivity index (χ3n) is 4.81. The lowest BCUT2D eigenvalue weighted by atomic mass is 9.74. The number of nitrogens with two attached hydrogens (primary N) is 1. The molecule has 5 heteroatoms. The smallest absolute Gasteiger partial charge is 0.224 e. The fourth-order valence-corrected chi connectivity index (χ4v) is 3.28. The van der Waals surface area contributed by atoms with Crippen molar-refractivity contribution in [2.45, 2.75) is 50.2 Å². The van der Waals surface area contributed by atoms with Crippen molar-refractivity contribution in [2.75, 3.05) is 12.4 Å². The zero-order chi connectivity index (χ0) is 15.0. The fourth-order valence-electron chi connectivity index (χ4n) is 3.28. The third-order valence-corrected chi connectivity index (χ3v) is 4.81. The quantitative estimate of drug-likeness (QED) is 0.896. The number of carbonyl (C=O) groups excluding carboxylic acids is 1. The highest BCUT2D eigenvalue weighted by molar-refractivity contribution is 5.93. The van der Waals surface area contributed by atoms with E-state index in [1.165, 1.54) is 6.07 Å². The fraction of sp³-hybridized carbons (Fsp3) is 0.562. The highest BCUT2D eigenvalue weighted by atomic mass is 19.1. The van der Waals surface area contributed by atoms with Crippen LogP contribution in [-0.4, -0.2) is 18.6 Å². The summed E-state index contributed by atoms with van der Waals surface area (Å²) in [6.45, 7) is 0. The van der Waals surface area contributed by atoms with Crippen molar-refractivity contribution in [3.05, 3.63) is 29.1 Å². The van der Waals surface area contributed by atoms with Gasteiger partial charge in [-0.25, -0.2) is 4.39 Å². The average molecular weight is 292 g/mol. The number of ether oxygens (including phenoxy) is 1. The van der Waals surface area contributed by atoms with E-state index in [-0.39, 0.29) is 23.4 Å². The molecule has 0 spiro atoms. The zero-order valence-corrected chi connectivity index (χ0v) is 12.2. The summed E-state index contributed by atoms with van der Waals surface area (Å²) in [4.78, 5) is 11.4. The average Bonchev–Trinajstić information content (AvgIpc) is 2.41. The molecule has 3 rings (SSSR count). The zero-order valence-electron chi connectivity index (χ0n) is 12.2. The van der Waals surface area contributed by atoms with E-state index in [0.717, 1.165) is 24.8 Å². The van der Waals surface area contributed by atoms with Gasteiger partial charge in [0.05, 0.1) is 5.60 Å². The monoisotopic (exact) mass is 292 g/mol. The molecule has 0 aromatic heterocycles. The van der Waals surface area contributed by atoms with Gasteiger partial charge in [0.15, 0.2) is 0 Å². The maximum atomic E-state index is 14.3. The van der Waals surface area contributed by atoms with Gasteiger partial charge in [0.1, 0.15) is 5.82 Å². The van der Waals surface area contributed by atoms with Gasteiger partial charge in [0, 0.05) is 30.8 Å². The largest absolute Gasteiger partial charge is 0.378 e. The van der Waals surface area contributed by atoms with Gasteiger partial charge in [-0.2, -0.15) is 0 Å². The Morgan fingerprint density at radius 3 is 2.81 bits per heavy atom. The number of methoxy groups -OCH3 is 1. The van der Waals surface area contributed by atoms with Crippen LogP contribution in [0.15, 0.2) is 12.1 Å². The molecule has 21 heavy (non-hydrogen) atoms.